The number of hydrogen-bond donors (Lipinski definition) is 1. The predicted molar refractivity (Wildman–Crippen MR) is 80.0 cm³/mol. The molecule has 3 nitrogen and oxygen atoms in total. The fraction of sp³-hybridized carbons (Fsp3) is 0.562. The highest BCUT2D eigenvalue weighted by Gasteiger charge is 2.23. The number of nitrogens with zero attached hydrogens (tertiary/aromatic N) is 1. The second-order valence-corrected chi connectivity index (χ2v) is 6.04. The average molecular weight is 260 g/mol. The van der Waals surface area contributed by atoms with E-state index in [1.54, 1.807) is 6.92 Å². The van der Waals surface area contributed by atoms with E-state index in [0.29, 0.717) is 0 Å². The first kappa shape index (κ1) is 14.1. The lowest BCUT2D eigenvalue weighted by Gasteiger charge is -2.37. The van der Waals surface area contributed by atoms with Crippen LogP contribution in [0.1, 0.15) is 44.0 Å². The molecule has 0 aromatic heterocycles. The maximum Gasteiger partial charge on any atom is 0.159 e. The minimum absolute atomic E-state index is 0.125. The molecule has 1 aliphatic rings. The van der Waals surface area contributed by atoms with E-state index < -0.39 is 0 Å². The summed E-state index contributed by atoms with van der Waals surface area (Å²) < 4.78 is 0. The number of Topliss-reactive ketones (excluding diaryl/α,β-unsaturated/α-hetero) is 1. The number of anilines is 1. The first-order valence-corrected chi connectivity index (χ1v) is 7.09. The Morgan fingerprint density at radius 3 is 2.53 bits per heavy atom. The highest BCUT2D eigenvalue weighted by molar-refractivity contribution is 5.94. The third-order valence-electron chi connectivity index (χ3n) is 3.68. The molecule has 0 saturated carbocycles. The van der Waals surface area contributed by atoms with Gasteiger partial charge in [0.05, 0.1) is 0 Å². The molecule has 0 bridgehead atoms. The summed E-state index contributed by atoms with van der Waals surface area (Å²) >= 11 is 0. The summed E-state index contributed by atoms with van der Waals surface area (Å²) in [5.41, 5.74) is 2.12. The number of ketones is 1. The topological polar surface area (TPSA) is 32.3 Å². The zero-order valence-electron chi connectivity index (χ0n) is 12.2. The molecule has 1 heterocycles. The Bertz CT molecular complexity index is 437. The summed E-state index contributed by atoms with van der Waals surface area (Å²) in [6.45, 7) is 9.28. The molecular formula is C16H24N2O. The van der Waals surface area contributed by atoms with E-state index in [9.17, 15) is 4.79 Å². The van der Waals surface area contributed by atoms with Gasteiger partial charge in [-0.2, -0.15) is 0 Å². The number of nitrogens with one attached hydrogen (secondary N) is 1. The lowest BCUT2D eigenvalue weighted by atomic mass is 10.0. The summed E-state index contributed by atoms with van der Waals surface area (Å²) in [7, 11) is 0. The van der Waals surface area contributed by atoms with Crippen LogP contribution in [0.15, 0.2) is 24.3 Å². The smallest absolute Gasteiger partial charge is 0.159 e. The average Bonchev–Trinajstić information content (AvgIpc) is 2.34. The van der Waals surface area contributed by atoms with Gasteiger partial charge in [-0.15, -0.1) is 0 Å². The van der Waals surface area contributed by atoms with Crippen molar-refractivity contribution < 1.29 is 4.79 Å². The quantitative estimate of drug-likeness (QED) is 0.830. The van der Waals surface area contributed by atoms with Crippen molar-refractivity contribution in [3.05, 3.63) is 29.8 Å². The highest BCUT2D eigenvalue weighted by atomic mass is 16.1. The zero-order valence-corrected chi connectivity index (χ0v) is 12.2. The zero-order chi connectivity index (χ0) is 13.9. The molecule has 0 radical (unpaired) electrons. The van der Waals surface area contributed by atoms with Gasteiger partial charge in [0.25, 0.3) is 0 Å². The first-order valence-electron chi connectivity index (χ1n) is 7.09. The number of carbonyl (C=O) groups is 1. The fourth-order valence-corrected chi connectivity index (χ4v) is 2.59. The molecule has 2 rings (SSSR count). The minimum atomic E-state index is 0.125. The SMILES string of the molecule is CC(=O)c1ccc(N2CCCCNC(C)(C)C2)cc1. The van der Waals surface area contributed by atoms with Crippen LogP contribution in [-0.4, -0.2) is 31.0 Å². The molecule has 0 unspecified atom stereocenters. The van der Waals surface area contributed by atoms with E-state index in [1.807, 2.05) is 12.1 Å². The molecule has 19 heavy (non-hydrogen) atoms. The van der Waals surface area contributed by atoms with Gasteiger partial charge in [-0.3, -0.25) is 4.79 Å². The van der Waals surface area contributed by atoms with Gasteiger partial charge in [0.15, 0.2) is 5.78 Å². The van der Waals surface area contributed by atoms with Crippen LogP contribution in [0, 0.1) is 0 Å². The van der Waals surface area contributed by atoms with Crippen molar-refractivity contribution in [1.82, 2.24) is 5.32 Å². The van der Waals surface area contributed by atoms with Crippen LogP contribution in [0.2, 0.25) is 0 Å². The number of rotatable bonds is 2. The summed E-state index contributed by atoms with van der Waals surface area (Å²) in [5.74, 6) is 0.126. The summed E-state index contributed by atoms with van der Waals surface area (Å²) in [4.78, 5) is 13.7. The molecule has 104 valence electrons. The molecule has 1 saturated heterocycles. The van der Waals surface area contributed by atoms with Gasteiger partial charge in [-0.1, -0.05) is 0 Å². The Labute approximate surface area is 116 Å². The van der Waals surface area contributed by atoms with E-state index in [4.69, 9.17) is 0 Å². The van der Waals surface area contributed by atoms with Gasteiger partial charge >= 0.3 is 0 Å². The summed E-state index contributed by atoms with van der Waals surface area (Å²) in [6.07, 6.45) is 2.42. The third kappa shape index (κ3) is 3.80. The highest BCUT2D eigenvalue weighted by Crippen LogP contribution is 2.20. The normalized spacial score (nSPS) is 19.6. The first-order chi connectivity index (χ1) is 8.98. The molecule has 1 fully saturated rings. The largest absolute Gasteiger partial charge is 0.370 e. The van der Waals surface area contributed by atoms with Crippen LogP contribution in [0.3, 0.4) is 0 Å². The molecule has 0 aliphatic carbocycles. The molecular weight excluding hydrogens is 236 g/mol. The van der Waals surface area contributed by atoms with E-state index in [-0.39, 0.29) is 11.3 Å². The molecule has 1 aliphatic heterocycles. The molecule has 0 spiro atoms. The second-order valence-electron chi connectivity index (χ2n) is 6.04. The Hall–Kier alpha value is -1.35. The number of carbonyl (C=O) groups excluding carboxylic acids is 1. The van der Waals surface area contributed by atoms with Crippen molar-refractivity contribution in [2.24, 2.45) is 0 Å². The second kappa shape index (κ2) is 5.74. The van der Waals surface area contributed by atoms with Crippen LogP contribution in [0.4, 0.5) is 5.69 Å². The van der Waals surface area contributed by atoms with Crippen molar-refractivity contribution in [1.29, 1.82) is 0 Å². The lowest BCUT2D eigenvalue weighted by Crippen LogP contribution is -2.51. The van der Waals surface area contributed by atoms with Crippen molar-refractivity contribution >= 4 is 11.5 Å². The van der Waals surface area contributed by atoms with Gasteiger partial charge in [0.1, 0.15) is 0 Å². The Kier molecular flexibility index (Phi) is 4.25. The van der Waals surface area contributed by atoms with Gasteiger partial charge in [0, 0.05) is 29.9 Å². The summed E-state index contributed by atoms with van der Waals surface area (Å²) in [5, 5.41) is 3.59. The molecule has 3 heteroatoms. The van der Waals surface area contributed by atoms with Crippen LogP contribution in [0.5, 0.6) is 0 Å². The van der Waals surface area contributed by atoms with Gasteiger partial charge in [-0.05, 0) is 64.4 Å². The van der Waals surface area contributed by atoms with Gasteiger partial charge < -0.3 is 10.2 Å². The van der Waals surface area contributed by atoms with Crippen molar-refractivity contribution in [2.75, 3.05) is 24.5 Å². The molecule has 1 N–H and O–H groups in total. The van der Waals surface area contributed by atoms with E-state index in [1.165, 1.54) is 18.5 Å². The Morgan fingerprint density at radius 2 is 1.89 bits per heavy atom. The lowest BCUT2D eigenvalue weighted by molar-refractivity contribution is 0.101. The Balaban J connectivity index is 2.15. The fourth-order valence-electron chi connectivity index (χ4n) is 2.59. The van der Waals surface area contributed by atoms with Crippen molar-refractivity contribution in [3.63, 3.8) is 0 Å². The standard InChI is InChI=1S/C16H24N2O/c1-13(19)14-6-8-15(9-7-14)18-11-5-4-10-17-16(2,3)12-18/h6-9,17H,4-5,10-12H2,1-3H3. The molecule has 0 atom stereocenters. The molecule has 1 aromatic carbocycles. The minimum Gasteiger partial charge on any atom is -0.370 e. The van der Waals surface area contributed by atoms with Gasteiger partial charge in [-0.25, -0.2) is 0 Å². The van der Waals surface area contributed by atoms with Crippen LogP contribution in [-0.2, 0) is 0 Å². The number of benzene rings is 1. The van der Waals surface area contributed by atoms with Crippen LogP contribution < -0.4 is 10.2 Å². The Morgan fingerprint density at radius 1 is 1.21 bits per heavy atom. The number of hydrogen-bond acceptors (Lipinski definition) is 3. The summed E-state index contributed by atoms with van der Waals surface area (Å²) in [6, 6.07) is 7.98. The molecule has 1 aromatic rings. The van der Waals surface area contributed by atoms with E-state index >= 15 is 0 Å². The van der Waals surface area contributed by atoms with Gasteiger partial charge in [0.2, 0.25) is 0 Å². The van der Waals surface area contributed by atoms with E-state index in [2.05, 4.69) is 36.2 Å². The predicted octanol–water partition coefficient (Wildman–Crippen LogP) is 2.86. The van der Waals surface area contributed by atoms with Crippen LogP contribution in [0.25, 0.3) is 0 Å². The monoisotopic (exact) mass is 260 g/mol. The third-order valence-corrected chi connectivity index (χ3v) is 3.68. The molecule has 0 amide bonds. The van der Waals surface area contributed by atoms with Crippen LogP contribution >= 0.6 is 0 Å². The van der Waals surface area contributed by atoms with E-state index in [0.717, 1.165) is 25.2 Å². The maximum absolute atomic E-state index is 11.3. The van der Waals surface area contributed by atoms with Crippen molar-refractivity contribution in [3.8, 4) is 0 Å². The van der Waals surface area contributed by atoms with Crippen molar-refractivity contribution in [2.45, 2.75) is 39.2 Å². The maximum atomic E-state index is 11.3.